The number of anilines is 1. The Morgan fingerprint density at radius 2 is 1.92 bits per heavy atom. The Balaban J connectivity index is 0.00000338. The van der Waals surface area contributed by atoms with E-state index in [0.717, 1.165) is 25.7 Å². The lowest BCUT2D eigenvalue weighted by molar-refractivity contribution is -0.119. The molecule has 0 aliphatic heterocycles. The van der Waals surface area contributed by atoms with Crippen LogP contribution in [0.4, 0.5) is 5.69 Å². The number of carbonyl (C=O) groups excluding carboxylic acids is 1. The molecular weight excluding hydrogens is 374 g/mol. The van der Waals surface area contributed by atoms with Gasteiger partial charge in [0.05, 0.1) is 4.90 Å². The minimum absolute atomic E-state index is 0. The van der Waals surface area contributed by atoms with Crippen molar-refractivity contribution in [1.29, 1.82) is 0 Å². The number of carbonyl (C=O) groups is 1. The molecule has 0 bridgehead atoms. The van der Waals surface area contributed by atoms with Gasteiger partial charge in [-0.25, -0.2) is 8.42 Å². The predicted octanol–water partition coefficient (Wildman–Crippen LogP) is 2.86. The monoisotopic (exact) mass is 403 g/mol. The van der Waals surface area contributed by atoms with Crippen molar-refractivity contribution in [1.82, 2.24) is 9.62 Å². The number of benzene rings is 1. The lowest BCUT2D eigenvalue weighted by Gasteiger charge is -2.30. The first-order valence-electron chi connectivity index (χ1n) is 8.90. The molecule has 1 fully saturated rings. The average molecular weight is 404 g/mol. The number of rotatable bonds is 7. The third-order valence-corrected chi connectivity index (χ3v) is 6.73. The van der Waals surface area contributed by atoms with Gasteiger partial charge in [-0.2, -0.15) is 4.31 Å². The highest BCUT2D eigenvalue weighted by atomic mass is 35.5. The molecule has 2 rings (SSSR count). The quantitative estimate of drug-likeness (QED) is 0.733. The highest BCUT2D eigenvalue weighted by Crippen LogP contribution is 2.27. The van der Waals surface area contributed by atoms with Crippen LogP contribution in [0.2, 0.25) is 0 Å². The second-order valence-electron chi connectivity index (χ2n) is 6.79. The summed E-state index contributed by atoms with van der Waals surface area (Å²) in [5.41, 5.74) is 0.506. The van der Waals surface area contributed by atoms with Gasteiger partial charge in [0.2, 0.25) is 15.9 Å². The summed E-state index contributed by atoms with van der Waals surface area (Å²) in [7, 11) is -0.110. The Morgan fingerprint density at radius 1 is 1.27 bits per heavy atom. The van der Waals surface area contributed by atoms with Gasteiger partial charge in [0.1, 0.15) is 0 Å². The molecule has 0 heterocycles. The molecule has 1 aromatic carbocycles. The molecule has 1 aliphatic carbocycles. The Labute approximate surface area is 163 Å². The smallest absolute Gasteiger partial charge is 0.243 e. The van der Waals surface area contributed by atoms with Crippen molar-refractivity contribution in [3.63, 3.8) is 0 Å². The summed E-state index contributed by atoms with van der Waals surface area (Å²) in [5, 5.41) is 5.75. The maximum absolute atomic E-state index is 12.9. The molecule has 8 heteroatoms. The molecule has 26 heavy (non-hydrogen) atoms. The van der Waals surface area contributed by atoms with E-state index in [2.05, 4.69) is 10.6 Å². The van der Waals surface area contributed by atoms with Gasteiger partial charge >= 0.3 is 0 Å². The summed E-state index contributed by atoms with van der Waals surface area (Å²) in [6, 6.07) is 6.57. The standard InChI is InChI=1S/C18H29N3O3S.ClH/c1-14(13-19-2)18(22)20-15-8-7-11-17(12-15)25(23,24)21(3)16-9-5-4-6-10-16;/h7-8,11-12,14,16,19H,4-6,9-10,13H2,1-3H3,(H,20,22);1H. The third kappa shape index (κ3) is 5.67. The molecule has 0 aromatic heterocycles. The molecule has 0 saturated heterocycles. The summed E-state index contributed by atoms with van der Waals surface area (Å²) < 4.78 is 27.3. The zero-order valence-electron chi connectivity index (χ0n) is 15.7. The van der Waals surface area contributed by atoms with E-state index < -0.39 is 10.0 Å². The highest BCUT2D eigenvalue weighted by molar-refractivity contribution is 7.89. The molecule has 1 atom stereocenters. The maximum atomic E-state index is 12.9. The number of hydrogen-bond donors (Lipinski definition) is 2. The van der Waals surface area contributed by atoms with Crippen LogP contribution in [0.5, 0.6) is 0 Å². The van der Waals surface area contributed by atoms with Gasteiger partial charge in [-0.3, -0.25) is 4.79 Å². The molecule has 2 N–H and O–H groups in total. The second kappa shape index (κ2) is 10.3. The van der Waals surface area contributed by atoms with Crippen molar-refractivity contribution in [2.45, 2.75) is 50.0 Å². The summed E-state index contributed by atoms with van der Waals surface area (Å²) in [5.74, 6) is -0.334. The fourth-order valence-electron chi connectivity index (χ4n) is 3.21. The molecule has 1 saturated carbocycles. The molecular formula is C18H30ClN3O3S. The van der Waals surface area contributed by atoms with Crippen LogP contribution in [-0.2, 0) is 14.8 Å². The topological polar surface area (TPSA) is 78.5 Å². The van der Waals surface area contributed by atoms with Crippen LogP contribution in [-0.4, -0.2) is 45.3 Å². The van der Waals surface area contributed by atoms with Crippen molar-refractivity contribution in [3.05, 3.63) is 24.3 Å². The Hall–Kier alpha value is -1.15. The SMILES string of the molecule is CNCC(C)C(=O)Nc1cccc(S(=O)(=O)N(C)C2CCCCC2)c1.Cl. The molecule has 1 amide bonds. The van der Waals surface area contributed by atoms with Gasteiger partial charge < -0.3 is 10.6 Å². The summed E-state index contributed by atoms with van der Waals surface area (Å²) >= 11 is 0. The molecule has 6 nitrogen and oxygen atoms in total. The zero-order chi connectivity index (χ0) is 18.4. The van der Waals surface area contributed by atoms with Gasteiger partial charge in [0.25, 0.3) is 0 Å². The lowest BCUT2D eigenvalue weighted by atomic mass is 9.96. The van der Waals surface area contributed by atoms with E-state index in [9.17, 15) is 13.2 Å². The van der Waals surface area contributed by atoms with Crippen LogP contribution in [0.3, 0.4) is 0 Å². The molecule has 0 spiro atoms. The van der Waals surface area contributed by atoms with Crippen LogP contribution >= 0.6 is 12.4 Å². The van der Waals surface area contributed by atoms with Gasteiger partial charge in [-0.1, -0.05) is 32.3 Å². The van der Waals surface area contributed by atoms with Crippen molar-refractivity contribution >= 4 is 34.0 Å². The second-order valence-corrected chi connectivity index (χ2v) is 8.79. The van der Waals surface area contributed by atoms with Crippen LogP contribution in [0.15, 0.2) is 29.2 Å². The number of nitrogens with zero attached hydrogens (tertiary/aromatic N) is 1. The normalized spacial score (nSPS) is 16.8. The van der Waals surface area contributed by atoms with E-state index in [1.165, 1.54) is 10.7 Å². The van der Waals surface area contributed by atoms with E-state index in [-0.39, 0.29) is 35.2 Å². The van der Waals surface area contributed by atoms with Gasteiger partial charge in [-0.05, 0) is 38.1 Å². The minimum Gasteiger partial charge on any atom is -0.326 e. The fourth-order valence-corrected chi connectivity index (χ4v) is 4.67. The van der Waals surface area contributed by atoms with E-state index in [0.29, 0.717) is 12.2 Å². The Kier molecular flexibility index (Phi) is 9.03. The van der Waals surface area contributed by atoms with E-state index in [1.54, 1.807) is 38.4 Å². The number of hydrogen-bond acceptors (Lipinski definition) is 4. The Morgan fingerprint density at radius 3 is 2.54 bits per heavy atom. The number of amides is 1. The third-order valence-electron chi connectivity index (χ3n) is 4.83. The van der Waals surface area contributed by atoms with Crippen molar-refractivity contribution in [2.75, 3.05) is 26.0 Å². The average Bonchev–Trinajstić information content (AvgIpc) is 2.62. The largest absolute Gasteiger partial charge is 0.326 e. The van der Waals surface area contributed by atoms with Gasteiger partial charge in [-0.15, -0.1) is 12.4 Å². The first-order chi connectivity index (χ1) is 11.9. The van der Waals surface area contributed by atoms with E-state index in [4.69, 9.17) is 0 Å². The molecule has 0 radical (unpaired) electrons. The van der Waals surface area contributed by atoms with Crippen molar-refractivity contribution < 1.29 is 13.2 Å². The first-order valence-corrected chi connectivity index (χ1v) is 10.3. The van der Waals surface area contributed by atoms with Crippen LogP contribution in [0, 0.1) is 5.92 Å². The zero-order valence-corrected chi connectivity index (χ0v) is 17.3. The summed E-state index contributed by atoms with van der Waals surface area (Å²) in [6.45, 7) is 2.39. The van der Waals surface area contributed by atoms with Crippen molar-refractivity contribution in [3.8, 4) is 0 Å². The number of nitrogens with one attached hydrogen (secondary N) is 2. The number of halogens is 1. The highest BCUT2D eigenvalue weighted by Gasteiger charge is 2.29. The van der Waals surface area contributed by atoms with Gasteiger partial charge in [0.15, 0.2) is 0 Å². The van der Waals surface area contributed by atoms with Crippen LogP contribution in [0.1, 0.15) is 39.0 Å². The van der Waals surface area contributed by atoms with Crippen molar-refractivity contribution in [2.24, 2.45) is 5.92 Å². The summed E-state index contributed by atoms with van der Waals surface area (Å²) in [6.07, 6.45) is 5.14. The maximum Gasteiger partial charge on any atom is 0.243 e. The summed E-state index contributed by atoms with van der Waals surface area (Å²) in [4.78, 5) is 12.4. The van der Waals surface area contributed by atoms with Crippen LogP contribution < -0.4 is 10.6 Å². The Bertz CT molecular complexity index is 691. The van der Waals surface area contributed by atoms with E-state index in [1.807, 2.05) is 6.92 Å². The molecule has 1 aromatic rings. The van der Waals surface area contributed by atoms with Crippen LogP contribution in [0.25, 0.3) is 0 Å². The molecule has 1 unspecified atom stereocenters. The number of sulfonamides is 1. The fraction of sp³-hybridized carbons (Fsp3) is 0.611. The lowest BCUT2D eigenvalue weighted by Crippen LogP contribution is -2.38. The van der Waals surface area contributed by atoms with Gasteiger partial charge in [0, 0.05) is 31.2 Å². The molecule has 148 valence electrons. The first kappa shape index (κ1) is 22.9. The minimum atomic E-state index is -3.56. The molecule has 1 aliphatic rings. The van der Waals surface area contributed by atoms with E-state index >= 15 is 0 Å². The predicted molar refractivity (Wildman–Crippen MR) is 107 cm³/mol.